The summed E-state index contributed by atoms with van der Waals surface area (Å²) in [5.41, 5.74) is 3.74. The number of nitrogens with one attached hydrogen (secondary N) is 2. The minimum atomic E-state index is -4.71. The summed E-state index contributed by atoms with van der Waals surface area (Å²) in [6.07, 6.45) is -2.25. The molecule has 2 heterocycles. The summed E-state index contributed by atoms with van der Waals surface area (Å²) in [7, 11) is 0. The monoisotopic (exact) mass is 454 g/mol. The van der Waals surface area contributed by atoms with E-state index in [0.29, 0.717) is 18.7 Å². The maximum Gasteiger partial charge on any atom is 0.416 e. The molecule has 0 atom stereocenters. The summed E-state index contributed by atoms with van der Waals surface area (Å²) in [6, 6.07) is 13.1. The molecule has 1 aromatic heterocycles. The fourth-order valence-electron chi connectivity index (χ4n) is 4.08. The van der Waals surface area contributed by atoms with E-state index in [4.69, 9.17) is 0 Å². The molecule has 5 rings (SSSR count). The number of rotatable bonds is 4. The number of imidazole rings is 1. The van der Waals surface area contributed by atoms with Crippen LogP contribution >= 0.6 is 0 Å². The van der Waals surface area contributed by atoms with Crippen LogP contribution < -0.4 is 10.2 Å². The van der Waals surface area contributed by atoms with Crippen LogP contribution in [-0.2, 0) is 19.1 Å². The largest absolute Gasteiger partial charge is 0.416 e. The Morgan fingerprint density at radius 2 is 1.94 bits per heavy atom. The van der Waals surface area contributed by atoms with Crippen molar-refractivity contribution in [3.63, 3.8) is 0 Å². The van der Waals surface area contributed by atoms with E-state index in [-0.39, 0.29) is 11.3 Å². The number of benzene rings is 3. The first-order valence-electron chi connectivity index (χ1n) is 10.3. The normalized spacial score (nSPS) is 13.4. The highest BCUT2D eigenvalue weighted by Crippen LogP contribution is 2.33. The van der Waals surface area contributed by atoms with Gasteiger partial charge in [-0.3, -0.25) is 4.79 Å². The van der Waals surface area contributed by atoms with Crippen molar-refractivity contribution in [2.75, 3.05) is 16.8 Å². The van der Waals surface area contributed by atoms with Crippen molar-refractivity contribution in [2.45, 2.75) is 19.1 Å². The van der Waals surface area contributed by atoms with E-state index in [2.05, 4.69) is 20.2 Å². The third-order valence-corrected chi connectivity index (χ3v) is 5.68. The topological polar surface area (TPSA) is 61.0 Å². The van der Waals surface area contributed by atoms with Crippen molar-refractivity contribution < 1.29 is 22.4 Å². The minimum Gasteiger partial charge on any atom is -0.367 e. The van der Waals surface area contributed by atoms with Gasteiger partial charge in [0.1, 0.15) is 5.82 Å². The van der Waals surface area contributed by atoms with E-state index < -0.39 is 23.5 Å². The van der Waals surface area contributed by atoms with Crippen molar-refractivity contribution >= 4 is 28.3 Å². The van der Waals surface area contributed by atoms with Gasteiger partial charge in [-0.15, -0.1) is 0 Å². The van der Waals surface area contributed by atoms with Gasteiger partial charge in [-0.25, -0.2) is 9.37 Å². The fourth-order valence-corrected chi connectivity index (χ4v) is 4.08. The van der Waals surface area contributed by atoms with Crippen LogP contribution in [0.3, 0.4) is 0 Å². The Bertz CT molecular complexity index is 1360. The Labute approximate surface area is 186 Å². The lowest BCUT2D eigenvalue weighted by atomic mass is 10.1. The summed E-state index contributed by atoms with van der Waals surface area (Å²) in [6.45, 7) is 1.41. The maximum atomic E-state index is 13.7. The van der Waals surface area contributed by atoms with Gasteiger partial charge in [0.2, 0.25) is 0 Å². The van der Waals surface area contributed by atoms with Crippen LogP contribution in [0.1, 0.15) is 27.0 Å². The number of carbonyl (C=O) groups excluding carboxylic acids is 1. The molecule has 33 heavy (non-hydrogen) atoms. The highest BCUT2D eigenvalue weighted by Gasteiger charge is 2.31. The average Bonchev–Trinajstić information content (AvgIpc) is 3.39. The van der Waals surface area contributed by atoms with E-state index in [1.165, 1.54) is 0 Å². The van der Waals surface area contributed by atoms with Gasteiger partial charge in [-0.05, 0) is 60.0 Å². The number of fused-ring (bicyclic) bond motifs is 2. The number of aromatic amines is 1. The lowest BCUT2D eigenvalue weighted by Crippen LogP contribution is -2.20. The molecule has 1 amide bonds. The van der Waals surface area contributed by atoms with E-state index in [0.717, 1.165) is 46.9 Å². The number of anilines is 2. The third kappa shape index (κ3) is 4.26. The number of aromatic nitrogens is 2. The number of H-pyrrole nitrogens is 1. The summed E-state index contributed by atoms with van der Waals surface area (Å²) >= 11 is 0. The molecule has 3 aromatic carbocycles. The second kappa shape index (κ2) is 7.91. The highest BCUT2D eigenvalue weighted by molar-refractivity contribution is 6.05. The van der Waals surface area contributed by atoms with Crippen LogP contribution in [0.25, 0.3) is 11.0 Å². The lowest BCUT2D eigenvalue weighted by molar-refractivity contribution is -0.137. The van der Waals surface area contributed by atoms with Crippen molar-refractivity contribution in [3.8, 4) is 0 Å². The Hall–Kier alpha value is -3.88. The fraction of sp³-hybridized carbons (Fsp3) is 0.167. The molecular weight excluding hydrogens is 436 g/mol. The van der Waals surface area contributed by atoms with Gasteiger partial charge in [-0.2, -0.15) is 13.2 Å². The van der Waals surface area contributed by atoms with Gasteiger partial charge in [0.05, 0.1) is 22.9 Å². The minimum absolute atomic E-state index is 0.252. The van der Waals surface area contributed by atoms with Crippen molar-refractivity contribution in [1.82, 2.24) is 9.97 Å². The number of carbonyl (C=O) groups is 1. The highest BCUT2D eigenvalue weighted by atomic mass is 19.4. The zero-order valence-corrected chi connectivity index (χ0v) is 17.2. The van der Waals surface area contributed by atoms with Crippen LogP contribution in [-0.4, -0.2) is 22.4 Å². The molecule has 0 fully saturated rings. The molecule has 0 bridgehead atoms. The first-order valence-corrected chi connectivity index (χ1v) is 10.3. The molecule has 0 saturated carbocycles. The SMILES string of the molecule is O=C(Nc1cc(F)cc(C(F)(F)F)c1)c1ccc2c(c1)N(Cc1ccc3nc[nH]c3c1)CC2. The van der Waals surface area contributed by atoms with Crippen LogP contribution in [0.4, 0.5) is 28.9 Å². The molecule has 0 radical (unpaired) electrons. The van der Waals surface area contributed by atoms with E-state index in [1.807, 2.05) is 24.3 Å². The van der Waals surface area contributed by atoms with Crippen molar-refractivity contribution in [2.24, 2.45) is 0 Å². The maximum absolute atomic E-state index is 13.7. The second-order valence-electron chi connectivity index (χ2n) is 7.95. The molecule has 0 unspecified atom stereocenters. The molecule has 9 heteroatoms. The van der Waals surface area contributed by atoms with Crippen molar-refractivity contribution in [3.05, 3.63) is 89.0 Å². The molecule has 0 aliphatic carbocycles. The summed E-state index contributed by atoms with van der Waals surface area (Å²) in [5, 5.41) is 2.38. The zero-order valence-electron chi connectivity index (χ0n) is 17.2. The molecule has 168 valence electrons. The van der Waals surface area contributed by atoms with E-state index >= 15 is 0 Å². The molecule has 1 aliphatic heterocycles. The molecular formula is C24H18F4N4O. The summed E-state index contributed by atoms with van der Waals surface area (Å²) in [5.74, 6) is -1.68. The predicted octanol–water partition coefficient (Wildman–Crippen LogP) is 5.54. The number of hydrogen-bond donors (Lipinski definition) is 2. The standard InChI is InChI=1S/C24H18F4N4O/c25-18-9-17(24(26,27)28)10-19(11-18)31-23(33)16-3-2-15-5-6-32(22(15)8-16)12-14-1-4-20-21(7-14)30-13-29-20/h1-4,7-11,13H,5-6,12H2,(H,29,30)(H,31,33). The first kappa shape index (κ1) is 21.0. The average molecular weight is 454 g/mol. The predicted molar refractivity (Wildman–Crippen MR) is 117 cm³/mol. The Morgan fingerprint density at radius 3 is 2.76 bits per heavy atom. The van der Waals surface area contributed by atoms with Crippen LogP contribution in [0, 0.1) is 5.82 Å². The summed E-state index contributed by atoms with van der Waals surface area (Å²) < 4.78 is 52.5. The second-order valence-corrected chi connectivity index (χ2v) is 7.95. The molecule has 2 N–H and O–H groups in total. The number of halogens is 4. The van der Waals surface area contributed by atoms with Crippen LogP contribution in [0.2, 0.25) is 0 Å². The van der Waals surface area contributed by atoms with Gasteiger partial charge in [0, 0.05) is 30.0 Å². The molecule has 0 spiro atoms. The Balaban J connectivity index is 1.37. The smallest absolute Gasteiger partial charge is 0.367 e. The Kier molecular flexibility index (Phi) is 5.03. The number of alkyl halides is 3. The quantitative estimate of drug-likeness (QED) is 0.399. The molecule has 4 aromatic rings. The molecule has 5 nitrogen and oxygen atoms in total. The summed E-state index contributed by atoms with van der Waals surface area (Å²) in [4.78, 5) is 22.2. The van der Waals surface area contributed by atoms with Crippen molar-refractivity contribution in [1.29, 1.82) is 0 Å². The first-order chi connectivity index (χ1) is 15.8. The third-order valence-electron chi connectivity index (χ3n) is 5.68. The number of nitrogens with zero attached hydrogens (tertiary/aromatic N) is 2. The van der Waals surface area contributed by atoms with Crippen LogP contribution in [0.5, 0.6) is 0 Å². The lowest BCUT2D eigenvalue weighted by Gasteiger charge is -2.20. The Morgan fingerprint density at radius 1 is 1.09 bits per heavy atom. The number of hydrogen-bond acceptors (Lipinski definition) is 3. The van der Waals surface area contributed by atoms with E-state index in [1.54, 1.807) is 18.5 Å². The van der Waals surface area contributed by atoms with Gasteiger partial charge < -0.3 is 15.2 Å². The number of amides is 1. The molecule has 1 aliphatic rings. The van der Waals surface area contributed by atoms with E-state index in [9.17, 15) is 22.4 Å². The molecule has 0 saturated heterocycles. The van der Waals surface area contributed by atoms with Gasteiger partial charge >= 0.3 is 6.18 Å². The van der Waals surface area contributed by atoms with Gasteiger partial charge in [0.15, 0.2) is 0 Å². The van der Waals surface area contributed by atoms with Crippen LogP contribution in [0.15, 0.2) is 60.9 Å². The van der Waals surface area contributed by atoms with Gasteiger partial charge in [-0.1, -0.05) is 12.1 Å². The van der Waals surface area contributed by atoms with Gasteiger partial charge in [0.25, 0.3) is 5.91 Å². The zero-order chi connectivity index (χ0) is 23.2.